The Morgan fingerprint density at radius 3 is 2.73 bits per heavy atom. The third kappa shape index (κ3) is 2.71. The van der Waals surface area contributed by atoms with E-state index >= 15 is 0 Å². The molecule has 2 saturated heterocycles. The molecule has 0 amide bonds. The van der Waals surface area contributed by atoms with E-state index in [1.165, 1.54) is 45.4 Å². The van der Waals surface area contributed by atoms with Crippen LogP contribution >= 0.6 is 0 Å². The van der Waals surface area contributed by atoms with Gasteiger partial charge in [-0.25, -0.2) is 0 Å². The Hall–Kier alpha value is -0.120. The fourth-order valence-electron chi connectivity index (χ4n) is 3.30. The summed E-state index contributed by atoms with van der Waals surface area (Å²) in [5.41, 5.74) is 0. The molecular formula is C12H25N3. The first kappa shape index (κ1) is 11.4. The van der Waals surface area contributed by atoms with Gasteiger partial charge in [-0.2, -0.15) is 0 Å². The van der Waals surface area contributed by atoms with E-state index < -0.39 is 0 Å². The summed E-state index contributed by atoms with van der Waals surface area (Å²) in [4.78, 5) is 2.46. The second kappa shape index (κ2) is 5.28. The highest BCUT2D eigenvalue weighted by Crippen LogP contribution is 2.26. The predicted octanol–water partition coefficient (Wildman–Crippen LogP) is 0.526. The highest BCUT2D eigenvalue weighted by molar-refractivity contribution is 4.89. The first-order valence-corrected chi connectivity index (χ1v) is 6.38. The van der Waals surface area contributed by atoms with E-state index in [-0.39, 0.29) is 0 Å². The highest BCUT2D eigenvalue weighted by atomic mass is 15.1. The molecule has 0 spiro atoms. The number of nitrogens with zero attached hydrogens (tertiary/aromatic N) is 1. The minimum Gasteiger partial charge on any atom is -0.316 e. The van der Waals surface area contributed by atoms with Crippen LogP contribution in [0, 0.1) is 11.8 Å². The molecule has 0 aromatic heterocycles. The lowest BCUT2D eigenvalue weighted by atomic mass is 9.83. The summed E-state index contributed by atoms with van der Waals surface area (Å²) in [5.74, 6) is 1.71. The van der Waals surface area contributed by atoms with Crippen molar-refractivity contribution in [3.63, 3.8) is 0 Å². The van der Waals surface area contributed by atoms with E-state index in [0.29, 0.717) is 0 Å². The third-order valence-corrected chi connectivity index (χ3v) is 4.11. The van der Waals surface area contributed by atoms with E-state index in [0.717, 1.165) is 17.9 Å². The Labute approximate surface area is 93.6 Å². The molecule has 2 N–H and O–H groups in total. The Bertz CT molecular complexity index is 185. The van der Waals surface area contributed by atoms with Gasteiger partial charge in [0, 0.05) is 12.6 Å². The van der Waals surface area contributed by atoms with Gasteiger partial charge in [-0.05, 0) is 64.8 Å². The molecule has 2 heterocycles. The van der Waals surface area contributed by atoms with E-state index in [9.17, 15) is 0 Å². The van der Waals surface area contributed by atoms with Gasteiger partial charge in [-0.15, -0.1) is 0 Å². The van der Waals surface area contributed by atoms with Gasteiger partial charge in [0.05, 0.1) is 0 Å². The van der Waals surface area contributed by atoms with Crippen LogP contribution in [-0.2, 0) is 0 Å². The van der Waals surface area contributed by atoms with Gasteiger partial charge >= 0.3 is 0 Å². The lowest BCUT2D eigenvalue weighted by Crippen LogP contribution is -2.47. The largest absolute Gasteiger partial charge is 0.316 e. The Morgan fingerprint density at radius 1 is 1.33 bits per heavy atom. The van der Waals surface area contributed by atoms with Gasteiger partial charge in [0.1, 0.15) is 0 Å². The average Bonchev–Trinajstić information content (AvgIpc) is 2.68. The highest BCUT2D eigenvalue weighted by Gasteiger charge is 2.32. The quantitative estimate of drug-likeness (QED) is 0.713. The lowest BCUT2D eigenvalue weighted by molar-refractivity contribution is 0.227. The molecule has 2 fully saturated rings. The SMILES string of the molecule is CNC(C1CCCNC1)C1CCN(C)C1. The zero-order chi connectivity index (χ0) is 10.7. The molecule has 3 atom stereocenters. The molecule has 15 heavy (non-hydrogen) atoms. The molecule has 88 valence electrons. The van der Waals surface area contributed by atoms with Crippen LogP contribution in [0.4, 0.5) is 0 Å². The second-order valence-corrected chi connectivity index (χ2v) is 5.23. The zero-order valence-electron chi connectivity index (χ0n) is 10.1. The monoisotopic (exact) mass is 211 g/mol. The van der Waals surface area contributed by atoms with E-state index in [1.54, 1.807) is 0 Å². The van der Waals surface area contributed by atoms with Crippen LogP contribution in [-0.4, -0.2) is 51.2 Å². The third-order valence-electron chi connectivity index (χ3n) is 4.11. The number of likely N-dealkylation sites (tertiary alicyclic amines) is 1. The first-order valence-electron chi connectivity index (χ1n) is 6.38. The van der Waals surface area contributed by atoms with E-state index in [1.807, 2.05) is 0 Å². The van der Waals surface area contributed by atoms with Gasteiger partial charge in [0.15, 0.2) is 0 Å². The summed E-state index contributed by atoms with van der Waals surface area (Å²) >= 11 is 0. The van der Waals surface area contributed by atoms with Crippen molar-refractivity contribution in [1.29, 1.82) is 0 Å². The first-order chi connectivity index (χ1) is 7.31. The molecule has 0 saturated carbocycles. The summed E-state index contributed by atoms with van der Waals surface area (Å²) in [6, 6.07) is 0.725. The molecule has 0 bridgehead atoms. The number of piperidine rings is 1. The van der Waals surface area contributed by atoms with Crippen molar-refractivity contribution < 1.29 is 0 Å². The average molecular weight is 211 g/mol. The summed E-state index contributed by atoms with van der Waals surface area (Å²) < 4.78 is 0. The minimum absolute atomic E-state index is 0.725. The Kier molecular flexibility index (Phi) is 4.00. The molecule has 2 aliphatic heterocycles. The Balaban J connectivity index is 1.90. The molecule has 2 rings (SSSR count). The maximum atomic E-state index is 3.57. The van der Waals surface area contributed by atoms with E-state index in [2.05, 4.69) is 29.6 Å². The maximum Gasteiger partial charge on any atom is 0.0145 e. The van der Waals surface area contributed by atoms with Crippen LogP contribution in [0.25, 0.3) is 0 Å². The molecule has 3 unspecified atom stereocenters. The summed E-state index contributed by atoms with van der Waals surface area (Å²) in [7, 11) is 4.38. The van der Waals surface area contributed by atoms with Crippen LogP contribution in [0.1, 0.15) is 19.3 Å². The molecule has 0 aliphatic carbocycles. The van der Waals surface area contributed by atoms with Crippen molar-refractivity contribution in [2.75, 3.05) is 40.3 Å². The normalized spacial score (nSPS) is 35.6. The zero-order valence-corrected chi connectivity index (χ0v) is 10.1. The molecule has 3 heteroatoms. The van der Waals surface area contributed by atoms with Crippen molar-refractivity contribution in [1.82, 2.24) is 15.5 Å². The van der Waals surface area contributed by atoms with Gasteiger partial charge < -0.3 is 15.5 Å². The number of hydrogen-bond donors (Lipinski definition) is 2. The molecule has 0 aromatic carbocycles. The van der Waals surface area contributed by atoms with Crippen LogP contribution in [0.2, 0.25) is 0 Å². The van der Waals surface area contributed by atoms with Crippen molar-refractivity contribution in [2.45, 2.75) is 25.3 Å². The second-order valence-electron chi connectivity index (χ2n) is 5.23. The smallest absolute Gasteiger partial charge is 0.0145 e. The lowest BCUT2D eigenvalue weighted by Gasteiger charge is -2.34. The topological polar surface area (TPSA) is 27.3 Å². The van der Waals surface area contributed by atoms with Crippen LogP contribution in [0.3, 0.4) is 0 Å². The van der Waals surface area contributed by atoms with Crippen LogP contribution in [0.5, 0.6) is 0 Å². The molecule has 3 nitrogen and oxygen atoms in total. The van der Waals surface area contributed by atoms with Crippen molar-refractivity contribution in [3.8, 4) is 0 Å². The van der Waals surface area contributed by atoms with Crippen LogP contribution < -0.4 is 10.6 Å². The van der Waals surface area contributed by atoms with Crippen molar-refractivity contribution in [2.24, 2.45) is 11.8 Å². The number of hydrogen-bond acceptors (Lipinski definition) is 3. The van der Waals surface area contributed by atoms with Gasteiger partial charge in [0.2, 0.25) is 0 Å². The fraction of sp³-hybridized carbons (Fsp3) is 1.00. The molecule has 2 aliphatic rings. The Morgan fingerprint density at radius 2 is 2.20 bits per heavy atom. The number of rotatable bonds is 3. The van der Waals surface area contributed by atoms with Gasteiger partial charge in [0.25, 0.3) is 0 Å². The summed E-state index contributed by atoms with van der Waals surface area (Å²) in [6.07, 6.45) is 4.13. The van der Waals surface area contributed by atoms with Gasteiger partial charge in [-0.1, -0.05) is 0 Å². The van der Waals surface area contributed by atoms with Crippen molar-refractivity contribution in [3.05, 3.63) is 0 Å². The molecule has 0 aromatic rings. The summed E-state index contributed by atoms with van der Waals surface area (Å²) in [6.45, 7) is 4.99. The minimum atomic E-state index is 0.725. The molecule has 0 radical (unpaired) electrons. The predicted molar refractivity (Wildman–Crippen MR) is 64.0 cm³/mol. The fourth-order valence-corrected chi connectivity index (χ4v) is 3.30. The van der Waals surface area contributed by atoms with Crippen LogP contribution in [0.15, 0.2) is 0 Å². The summed E-state index contributed by atoms with van der Waals surface area (Å²) in [5, 5.41) is 7.10. The van der Waals surface area contributed by atoms with Crippen molar-refractivity contribution >= 4 is 0 Å². The number of nitrogens with one attached hydrogen (secondary N) is 2. The molecular weight excluding hydrogens is 186 g/mol. The van der Waals surface area contributed by atoms with Gasteiger partial charge in [-0.3, -0.25) is 0 Å². The van der Waals surface area contributed by atoms with E-state index in [4.69, 9.17) is 0 Å². The maximum absolute atomic E-state index is 3.57. The standard InChI is InChI=1S/C12H25N3/c1-13-12(10-4-3-6-14-8-10)11-5-7-15(2)9-11/h10-14H,3-9H2,1-2H3.